The van der Waals surface area contributed by atoms with Gasteiger partial charge in [-0.15, -0.1) is 0 Å². The number of hydrogen-bond acceptors (Lipinski definition) is 3. The van der Waals surface area contributed by atoms with Gasteiger partial charge in [-0.05, 0) is 50.6 Å². The van der Waals surface area contributed by atoms with Crippen molar-refractivity contribution in [2.24, 2.45) is 7.05 Å². The maximum absolute atomic E-state index is 13.2. The van der Waals surface area contributed by atoms with E-state index in [0.29, 0.717) is 23.4 Å². The molecule has 0 aliphatic heterocycles. The Balaban J connectivity index is 1.82. The summed E-state index contributed by atoms with van der Waals surface area (Å²) in [6.45, 7) is 6.36. The van der Waals surface area contributed by atoms with Crippen LogP contribution in [0.5, 0.6) is 0 Å². The van der Waals surface area contributed by atoms with Crippen molar-refractivity contribution in [3.63, 3.8) is 0 Å². The quantitative estimate of drug-likeness (QED) is 0.691. The molecular weight excluding hydrogens is 364 g/mol. The van der Waals surface area contributed by atoms with Crippen LogP contribution in [0.2, 0.25) is 0 Å². The molecule has 0 aliphatic rings. The highest BCUT2D eigenvalue weighted by molar-refractivity contribution is 6.05. The lowest BCUT2D eigenvalue weighted by Gasteiger charge is -2.26. The largest absolute Gasteiger partial charge is 0.332 e. The Bertz CT molecular complexity index is 1010. The van der Waals surface area contributed by atoms with Gasteiger partial charge in [-0.3, -0.25) is 14.3 Å². The highest BCUT2D eigenvalue weighted by Crippen LogP contribution is 2.21. The van der Waals surface area contributed by atoms with Crippen LogP contribution >= 0.6 is 0 Å². The van der Waals surface area contributed by atoms with Gasteiger partial charge in [-0.1, -0.05) is 24.3 Å². The number of nitrogens with one attached hydrogen (secondary N) is 1. The van der Waals surface area contributed by atoms with Crippen molar-refractivity contribution in [2.75, 3.05) is 5.32 Å². The van der Waals surface area contributed by atoms with Gasteiger partial charge in [-0.2, -0.15) is 5.10 Å². The zero-order valence-corrected chi connectivity index (χ0v) is 17.2. The Kier molecular flexibility index (Phi) is 6.12. The zero-order chi connectivity index (χ0) is 21.0. The van der Waals surface area contributed by atoms with Crippen LogP contribution in [0, 0.1) is 6.92 Å². The molecule has 0 unspecified atom stereocenters. The number of anilines is 1. The summed E-state index contributed by atoms with van der Waals surface area (Å²) in [5.41, 5.74) is 3.61. The molecule has 6 nitrogen and oxygen atoms in total. The number of hydrogen-bond donors (Lipinski definition) is 1. The van der Waals surface area contributed by atoms with E-state index < -0.39 is 0 Å². The fraction of sp³-hybridized carbons (Fsp3) is 0.261. The number of carbonyl (C=O) groups excluding carboxylic acids is 2. The number of nitrogens with zero attached hydrogens (tertiary/aromatic N) is 3. The summed E-state index contributed by atoms with van der Waals surface area (Å²) in [6, 6.07) is 14.4. The first kappa shape index (κ1) is 20.3. The summed E-state index contributed by atoms with van der Waals surface area (Å²) in [5, 5.41) is 7.10. The average Bonchev–Trinajstić information content (AvgIpc) is 3.12. The Labute approximate surface area is 171 Å². The highest BCUT2D eigenvalue weighted by atomic mass is 16.2. The van der Waals surface area contributed by atoms with Crippen molar-refractivity contribution >= 4 is 17.5 Å². The van der Waals surface area contributed by atoms with Crippen LogP contribution in [0.3, 0.4) is 0 Å². The smallest absolute Gasteiger partial charge is 0.255 e. The van der Waals surface area contributed by atoms with E-state index in [1.165, 1.54) is 0 Å². The minimum absolute atomic E-state index is 0.0198. The number of benzene rings is 2. The fourth-order valence-corrected chi connectivity index (χ4v) is 3.08. The molecule has 0 spiro atoms. The lowest BCUT2D eigenvalue weighted by Crippen LogP contribution is -2.36. The molecule has 3 rings (SSSR count). The van der Waals surface area contributed by atoms with E-state index in [4.69, 9.17) is 0 Å². The lowest BCUT2D eigenvalue weighted by molar-refractivity contribution is 0.0690. The first-order valence-corrected chi connectivity index (χ1v) is 9.60. The molecule has 1 N–H and O–H groups in total. The maximum atomic E-state index is 13.2. The summed E-state index contributed by atoms with van der Waals surface area (Å²) < 4.78 is 1.72. The van der Waals surface area contributed by atoms with Gasteiger partial charge in [-0.25, -0.2) is 0 Å². The molecule has 0 saturated heterocycles. The zero-order valence-electron chi connectivity index (χ0n) is 17.2. The van der Waals surface area contributed by atoms with Crippen LogP contribution in [0.15, 0.2) is 60.9 Å². The number of aromatic nitrogens is 2. The van der Waals surface area contributed by atoms with Gasteiger partial charge >= 0.3 is 0 Å². The third-order valence-electron chi connectivity index (χ3n) is 4.76. The van der Waals surface area contributed by atoms with Crippen LogP contribution in [-0.4, -0.2) is 32.5 Å². The summed E-state index contributed by atoms with van der Waals surface area (Å²) in [5.74, 6) is -0.284. The second kappa shape index (κ2) is 8.73. The molecule has 0 atom stereocenters. The molecule has 150 valence electrons. The third kappa shape index (κ3) is 4.90. The van der Waals surface area contributed by atoms with Crippen LogP contribution < -0.4 is 5.32 Å². The van der Waals surface area contributed by atoms with Crippen molar-refractivity contribution in [3.05, 3.63) is 83.2 Å². The first-order valence-electron chi connectivity index (χ1n) is 9.60. The van der Waals surface area contributed by atoms with Gasteiger partial charge in [0.25, 0.3) is 11.8 Å². The van der Waals surface area contributed by atoms with Crippen molar-refractivity contribution in [3.8, 4) is 0 Å². The van der Waals surface area contributed by atoms with Gasteiger partial charge in [0, 0.05) is 48.2 Å². The molecule has 0 aliphatic carbocycles. The number of carbonyl (C=O) groups is 2. The standard InChI is InChI=1S/C23H26N4O2/c1-16(2)27(15-18-13-24-26(4)14-18)23(29)20-11-10-17(3)21(12-20)25-22(28)19-8-6-5-7-9-19/h5-14,16H,15H2,1-4H3,(H,25,28). The third-order valence-corrected chi connectivity index (χ3v) is 4.76. The lowest BCUT2D eigenvalue weighted by atomic mass is 10.1. The predicted molar refractivity (Wildman–Crippen MR) is 114 cm³/mol. The molecule has 2 amide bonds. The van der Waals surface area contributed by atoms with E-state index in [-0.39, 0.29) is 17.9 Å². The summed E-state index contributed by atoms with van der Waals surface area (Å²) in [6.07, 6.45) is 3.67. The summed E-state index contributed by atoms with van der Waals surface area (Å²) in [7, 11) is 1.85. The van der Waals surface area contributed by atoms with E-state index in [9.17, 15) is 9.59 Å². The molecule has 0 fully saturated rings. The van der Waals surface area contributed by atoms with E-state index in [0.717, 1.165) is 11.1 Å². The second-order valence-electron chi connectivity index (χ2n) is 7.40. The normalized spacial score (nSPS) is 10.8. The Hall–Kier alpha value is -3.41. The molecule has 2 aromatic carbocycles. The minimum Gasteiger partial charge on any atom is -0.332 e. The molecule has 6 heteroatoms. The molecule has 1 heterocycles. The number of aryl methyl sites for hydroxylation is 2. The molecule has 29 heavy (non-hydrogen) atoms. The van der Waals surface area contributed by atoms with Crippen molar-refractivity contribution in [2.45, 2.75) is 33.4 Å². The van der Waals surface area contributed by atoms with E-state index in [1.54, 1.807) is 40.0 Å². The van der Waals surface area contributed by atoms with Gasteiger partial charge in [0.1, 0.15) is 0 Å². The molecule has 3 aromatic rings. The molecule has 0 radical (unpaired) electrons. The summed E-state index contributed by atoms with van der Waals surface area (Å²) in [4.78, 5) is 27.5. The van der Waals surface area contributed by atoms with Gasteiger partial charge in [0.05, 0.1) is 6.20 Å². The molecule has 1 aromatic heterocycles. The SMILES string of the molecule is Cc1ccc(C(=O)N(Cc2cnn(C)c2)C(C)C)cc1NC(=O)c1ccccc1. The summed E-state index contributed by atoms with van der Waals surface area (Å²) >= 11 is 0. The average molecular weight is 390 g/mol. The molecular formula is C23H26N4O2. The number of rotatable bonds is 6. The monoisotopic (exact) mass is 390 g/mol. The van der Waals surface area contributed by atoms with Crippen LogP contribution in [0.1, 0.15) is 45.7 Å². The van der Waals surface area contributed by atoms with E-state index in [2.05, 4.69) is 10.4 Å². The fourth-order valence-electron chi connectivity index (χ4n) is 3.08. The Morgan fingerprint density at radius 3 is 2.45 bits per heavy atom. The van der Waals surface area contributed by atoms with Crippen LogP contribution in [-0.2, 0) is 13.6 Å². The van der Waals surface area contributed by atoms with Gasteiger partial charge in [0.2, 0.25) is 0 Å². The van der Waals surface area contributed by atoms with Gasteiger partial charge in [0.15, 0.2) is 0 Å². The Morgan fingerprint density at radius 2 is 1.83 bits per heavy atom. The minimum atomic E-state index is -0.200. The highest BCUT2D eigenvalue weighted by Gasteiger charge is 2.21. The van der Waals surface area contributed by atoms with E-state index >= 15 is 0 Å². The van der Waals surface area contributed by atoms with Crippen LogP contribution in [0.4, 0.5) is 5.69 Å². The molecule has 0 bridgehead atoms. The Morgan fingerprint density at radius 1 is 1.10 bits per heavy atom. The molecule has 0 saturated carbocycles. The maximum Gasteiger partial charge on any atom is 0.255 e. The van der Waals surface area contributed by atoms with Gasteiger partial charge < -0.3 is 10.2 Å². The number of amides is 2. The van der Waals surface area contributed by atoms with E-state index in [1.807, 2.05) is 58.3 Å². The van der Waals surface area contributed by atoms with Crippen molar-refractivity contribution < 1.29 is 9.59 Å². The van der Waals surface area contributed by atoms with Crippen molar-refractivity contribution in [1.82, 2.24) is 14.7 Å². The van der Waals surface area contributed by atoms with Crippen molar-refractivity contribution in [1.29, 1.82) is 0 Å². The van der Waals surface area contributed by atoms with Crippen LogP contribution in [0.25, 0.3) is 0 Å². The second-order valence-corrected chi connectivity index (χ2v) is 7.40. The topological polar surface area (TPSA) is 67.2 Å². The predicted octanol–water partition coefficient (Wildman–Crippen LogP) is 4.03. The first-order chi connectivity index (χ1) is 13.8.